The van der Waals surface area contributed by atoms with Crippen LogP contribution in [0.3, 0.4) is 0 Å². The average Bonchev–Trinajstić information content (AvgIpc) is 3.20. The molecule has 2 aliphatic rings. The van der Waals surface area contributed by atoms with Gasteiger partial charge in [-0.1, -0.05) is 91.0 Å². The first-order valence-corrected chi connectivity index (χ1v) is 11.4. The zero-order valence-electron chi connectivity index (χ0n) is 18.3. The van der Waals surface area contributed by atoms with Crippen molar-refractivity contribution in [3.05, 3.63) is 108 Å². The van der Waals surface area contributed by atoms with Gasteiger partial charge in [-0.15, -0.1) is 0 Å². The molecule has 3 aromatic rings. The Labute approximate surface area is 193 Å². The van der Waals surface area contributed by atoms with Crippen LogP contribution in [-0.4, -0.2) is 29.9 Å². The molecule has 1 saturated carbocycles. The first-order valence-electron chi connectivity index (χ1n) is 11.4. The second-order valence-electron chi connectivity index (χ2n) is 8.75. The first-order chi connectivity index (χ1) is 16.3. The molecular weight excluding hydrogens is 414 g/mol. The van der Waals surface area contributed by atoms with Gasteiger partial charge < -0.3 is 14.3 Å². The number of benzene rings is 3. The smallest absolute Gasteiger partial charge is 0.411 e. The normalized spacial score (nSPS) is 26.5. The molecule has 168 valence electrons. The minimum Gasteiger partial charge on any atom is -0.439 e. The van der Waals surface area contributed by atoms with Crippen LogP contribution >= 0.6 is 0 Å². The molecule has 5 heteroatoms. The SMILES string of the molecule is O=C[C@H]1C[C@@H](N2C(=O)O[C@@H](c3ccccc3)[C@H]2c2ccccc2)[C@@H]1COCc1ccccc1. The number of hydrogen-bond acceptors (Lipinski definition) is 4. The number of nitrogens with zero attached hydrogens (tertiary/aromatic N) is 1. The van der Waals surface area contributed by atoms with Crippen molar-refractivity contribution in [3.8, 4) is 0 Å². The first kappa shape index (κ1) is 21.4. The molecule has 1 aliphatic carbocycles. The van der Waals surface area contributed by atoms with E-state index < -0.39 is 6.10 Å². The van der Waals surface area contributed by atoms with E-state index in [-0.39, 0.29) is 30.0 Å². The molecule has 1 heterocycles. The topological polar surface area (TPSA) is 55.8 Å². The fourth-order valence-corrected chi connectivity index (χ4v) is 5.03. The molecule has 5 atom stereocenters. The second-order valence-corrected chi connectivity index (χ2v) is 8.75. The maximum Gasteiger partial charge on any atom is 0.411 e. The summed E-state index contributed by atoms with van der Waals surface area (Å²) >= 11 is 0. The van der Waals surface area contributed by atoms with Gasteiger partial charge in [0.05, 0.1) is 13.2 Å². The summed E-state index contributed by atoms with van der Waals surface area (Å²) in [7, 11) is 0. The van der Waals surface area contributed by atoms with Gasteiger partial charge in [0.1, 0.15) is 12.3 Å². The molecule has 0 spiro atoms. The highest BCUT2D eigenvalue weighted by Crippen LogP contribution is 2.49. The Morgan fingerprint density at radius 3 is 2.12 bits per heavy atom. The van der Waals surface area contributed by atoms with Crippen LogP contribution in [0.5, 0.6) is 0 Å². The molecule has 0 aromatic heterocycles. The fraction of sp³-hybridized carbons (Fsp3) is 0.286. The summed E-state index contributed by atoms with van der Waals surface area (Å²) in [5, 5.41) is 0. The Balaban J connectivity index is 1.39. The van der Waals surface area contributed by atoms with Crippen LogP contribution in [0.1, 0.15) is 35.3 Å². The lowest BCUT2D eigenvalue weighted by atomic mass is 9.69. The zero-order valence-corrected chi connectivity index (χ0v) is 18.3. The van der Waals surface area contributed by atoms with Gasteiger partial charge in [0.2, 0.25) is 0 Å². The quantitative estimate of drug-likeness (QED) is 0.443. The number of amides is 1. The number of hydrogen-bond donors (Lipinski definition) is 0. The summed E-state index contributed by atoms with van der Waals surface area (Å²) in [5.41, 5.74) is 3.07. The van der Waals surface area contributed by atoms with E-state index in [1.165, 1.54) is 0 Å². The number of rotatable bonds is 8. The number of carbonyl (C=O) groups is 2. The third-order valence-corrected chi connectivity index (χ3v) is 6.81. The molecule has 33 heavy (non-hydrogen) atoms. The predicted molar refractivity (Wildman–Crippen MR) is 124 cm³/mol. The average molecular weight is 442 g/mol. The Morgan fingerprint density at radius 1 is 0.879 bits per heavy atom. The Bertz CT molecular complexity index is 1070. The fourth-order valence-electron chi connectivity index (χ4n) is 5.03. The third-order valence-electron chi connectivity index (χ3n) is 6.81. The maximum absolute atomic E-state index is 13.2. The van der Waals surface area contributed by atoms with Crippen molar-refractivity contribution in [3.63, 3.8) is 0 Å². The van der Waals surface area contributed by atoms with E-state index >= 15 is 0 Å². The molecule has 5 nitrogen and oxygen atoms in total. The van der Waals surface area contributed by atoms with Gasteiger partial charge in [0, 0.05) is 17.9 Å². The third kappa shape index (κ3) is 4.29. The summed E-state index contributed by atoms with van der Waals surface area (Å²) < 4.78 is 11.9. The molecule has 2 fully saturated rings. The highest BCUT2D eigenvalue weighted by molar-refractivity contribution is 5.73. The predicted octanol–water partition coefficient (Wildman–Crippen LogP) is 5.34. The van der Waals surface area contributed by atoms with Gasteiger partial charge >= 0.3 is 6.09 Å². The molecule has 0 unspecified atom stereocenters. The van der Waals surface area contributed by atoms with Gasteiger partial charge in [-0.05, 0) is 23.1 Å². The Morgan fingerprint density at radius 2 is 1.48 bits per heavy atom. The van der Waals surface area contributed by atoms with E-state index in [2.05, 4.69) is 0 Å². The number of aldehydes is 1. The Hall–Kier alpha value is -3.44. The van der Waals surface area contributed by atoms with Gasteiger partial charge in [-0.25, -0.2) is 4.79 Å². The van der Waals surface area contributed by atoms with Gasteiger partial charge in [-0.3, -0.25) is 4.90 Å². The van der Waals surface area contributed by atoms with Crippen LogP contribution in [0.2, 0.25) is 0 Å². The lowest BCUT2D eigenvalue weighted by molar-refractivity contribution is -0.123. The number of cyclic esters (lactones) is 1. The van der Waals surface area contributed by atoms with Crippen LogP contribution in [0.25, 0.3) is 0 Å². The van der Waals surface area contributed by atoms with Crippen molar-refractivity contribution >= 4 is 12.4 Å². The van der Waals surface area contributed by atoms with E-state index in [4.69, 9.17) is 9.47 Å². The van der Waals surface area contributed by atoms with E-state index in [9.17, 15) is 9.59 Å². The number of ether oxygens (including phenoxy) is 2. The molecule has 0 N–H and O–H groups in total. The van der Waals surface area contributed by atoms with Crippen LogP contribution in [0.4, 0.5) is 4.79 Å². The van der Waals surface area contributed by atoms with Crippen molar-refractivity contribution in [2.24, 2.45) is 11.8 Å². The van der Waals surface area contributed by atoms with Crippen molar-refractivity contribution < 1.29 is 19.1 Å². The van der Waals surface area contributed by atoms with Crippen LogP contribution in [0, 0.1) is 11.8 Å². The van der Waals surface area contributed by atoms with E-state index in [0.717, 1.165) is 23.0 Å². The monoisotopic (exact) mass is 441 g/mol. The lowest BCUT2D eigenvalue weighted by Gasteiger charge is -2.47. The summed E-state index contributed by atoms with van der Waals surface area (Å²) in [4.78, 5) is 26.8. The van der Waals surface area contributed by atoms with Crippen LogP contribution in [0.15, 0.2) is 91.0 Å². The molecule has 1 aliphatic heterocycles. The largest absolute Gasteiger partial charge is 0.439 e. The summed E-state index contributed by atoms with van der Waals surface area (Å²) in [6.45, 7) is 0.902. The molecule has 5 rings (SSSR count). The van der Waals surface area contributed by atoms with Crippen LogP contribution in [-0.2, 0) is 20.9 Å². The zero-order chi connectivity index (χ0) is 22.6. The summed E-state index contributed by atoms with van der Waals surface area (Å²) in [6, 6.07) is 29.5. The van der Waals surface area contributed by atoms with Crippen LogP contribution < -0.4 is 0 Å². The van der Waals surface area contributed by atoms with E-state index in [1.54, 1.807) is 0 Å². The molecule has 0 radical (unpaired) electrons. The standard InChI is InChI=1S/C28H27NO4/c30-17-23-16-25(24(23)19-32-18-20-10-4-1-5-11-20)29-26(21-12-6-2-7-13-21)27(33-28(29)31)22-14-8-3-9-15-22/h1-15,17,23-27H,16,18-19H2/t23-,24-,25-,26-,27+/m1/s1. The van der Waals surface area contributed by atoms with Gasteiger partial charge in [0.15, 0.2) is 6.10 Å². The highest BCUT2D eigenvalue weighted by Gasteiger charge is 2.54. The minimum atomic E-state index is -0.401. The molecule has 1 saturated heterocycles. The highest BCUT2D eigenvalue weighted by atomic mass is 16.6. The van der Waals surface area contributed by atoms with Crippen molar-refractivity contribution in [1.29, 1.82) is 0 Å². The summed E-state index contributed by atoms with van der Waals surface area (Å²) in [6.07, 6.45) is 0.895. The minimum absolute atomic E-state index is 0.0560. The van der Waals surface area contributed by atoms with Crippen molar-refractivity contribution in [1.82, 2.24) is 4.90 Å². The molecular formula is C28H27NO4. The maximum atomic E-state index is 13.2. The van der Waals surface area contributed by atoms with E-state index in [1.807, 2.05) is 95.9 Å². The van der Waals surface area contributed by atoms with Crippen molar-refractivity contribution in [2.45, 2.75) is 31.2 Å². The Kier molecular flexibility index (Phi) is 6.22. The van der Waals surface area contributed by atoms with Crippen molar-refractivity contribution in [2.75, 3.05) is 6.61 Å². The second kappa shape index (κ2) is 9.59. The number of carbonyl (C=O) groups excluding carboxylic acids is 2. The lowest BCUT2D eigenvalue weighted by Crippen LogP contribution is -2.55. The van der Waals surface area contributed by atoms with Gasteiger partial charge in [0.25, 0.3) is 0 Å². The summed E-state index contributed by atoms with van der Waals surface area (Å²) in [5.74, 6) is -0.176. The molecule has 3 aromatic carbocycles. The van der Waals surface area contributed by atoms with Gasteiger partial charge in [-0.2, -0.15) is 0 Å². The molecule has 1 amide bonds. The van der Waals surface area contributed by atoms with E-state index in [0.29, 0.717) is 19.6 Å². The molecule has 0 bridgehead atoms.